The van der Waals surface area contributed by atoms with Crippen LogP contribution in [0, 0.1) is 0 Å². The summed E-state index contributed by atoms with van der Waals surface area (Å²) < 4.78 is 5.58. The van der Waals surface area contributed by atoms with Gasteiger partial charge in [-0.15, -0.1) is 0 Å². The molecule has 0 aromatic carbocycles. The van der Waals surface area contributed by atoms with Gasteiger partial charge in [-0.2, -0.15) is 0 Å². The van der Waals surface area contributed by atoms with E-state index in [2.05, 4.69) is 10.3 Å². The van der Waals surface area contributed by atoms with Crippen LogP contribution in [0.25, 0.3) is 0 Å². The first-order chi connectivity index (χ1) is 6.90. The van der Waals surface area contributed by atoms with Gasteiger partial charge < -0.3 is 15.8 Å². The molecule has 0 radical (unpaired) electrons. The molecule has 2 fully saturated rings. The van der Waals surface area contributed by atoms with E-state index >= 15 is 0 Å². The molecular weight excluding hydrogens is 178 g/mol. The second-order valence-electron chi connectivity index (χ2n) is 3.74. The molecule has 14 heavy (non-hydrogen) atoms. The largest absolute Gasteiger partial charge is 0.404 e. The van der Waals surface area contributed by atoms with Crippen LogP contribution in [0.4, 0.5) is 0 Å². The number of aliphatic imine (C=N–C) groups is 1. The van der Waals surface area contributed by atoms with Gasteiger partial charge in [0.25, 0.3) is 0 Å². The van der Waals surface area contributed by atoms with Crippen molar-refractivity contribution in [2.75, 3.05) is 19.7 Å². The van der Waals surface area contributed by atoms with Crippen molar-refractivity contribution in [2.24, 2.45) is 10.7 Å². The number of hydrogen-bond donors (Lipinski definition) is 2. The molecule has 1 saturated carbocycles. The zero-order valence-electron chi connectivity index (χ0n) is 8.28. The summed E-state index contributed by atoms with van der Waals surface area (Å²) in [6, 6.07) is 0.543. The molecule has 1 saturated heterocycles. The monoisotopic (exact) mass is 195 g/mol. The summed E-state index contributed by atoms with van der Waals surface area (Å²) in [5, 5.41) is 3.27. The van der Waals surface area contributed by atoms with Crippen LogP contribution in [0.15, 0.2) is 16.8 Å². The first-order valence-corrected chi connectivity index (χ1v) is 5.17. The summed E-state index contributed by atoms with van der Waals surface area (Å²) in [5.41, 5.74) is 6.54. The number of nitrogens with one attached hydrogen (secondary N) is 1. The number of morpholine rings is 1. The van der Waals surface area contributed by atoms with Gasteiger partial charge in [0.15, 0.2) is 0 Å². The molecule has 2 rings (SSSR count). The van der Waals surface area contributed by atoms with E-state index in [9.17, 15) is 0 Å². The lowest BCUT2D eigenvalue weighted by Gasteiger charge is -2.23. The third-order valence-electron chi connectivity index (χ3n) is 2.47. The van der Waals surface area contributed by atoms with Crippen LogP contribution in [0.5, 0.6) is 0 Å². The summed E-state index contributed by atoms with van der Waals surface area (Å²) in [6.07, 6.45) is 5.99. The molecule has 0 aromatic heterocycles. The Balaban J connectivity index is 1.90. The Kier molecular flexibility index (Phi) is 3.16. The van der Waals surface area contributed by atoms with Gasteiger partial charge in [0, 0.05) is 31.1 Å². The van der Waals surface area contributed by atoms with E-state index in [1.54, 1.807) is 6.20 Å². The Morgan fingerprint density at radius 3 is 2.93 bits per heavy atom. The molecule has 0 spiro atoms. The topological polar surface area (TPSA) is 59.6 Å². The van der Waals surface area contributed by atoms with E-state index in [-0.39, 0.29) is 6.10 Å². The van der Waals surface area contributed by atoms with E-state index in [1.165, 1.54) is 12.8 Å². The molecule has 2 aliphatic rings. The van der Waals surface area contributed by atoms with Crippen LogP contribution in [0.2, 0.25) is 0 Å². The van der Waals surface area contributed by atoms with Gasteiger partial charge in [-0.3, -0.25) is 4.99 Å². The number of hydrogen-bond acceptors (Lipinski definition) is 4. The van der Waals surface area contributed by atoms with Crippen LogP contribution in [0.1, 0.15) is 12.8 Å². The number of nitrogens with zero attached hydrogens (tertiary/aromatic N) is 1. The zero-order valence-corrected chi connectivity index (χ0v) is 8.28. The first-order valence-electron chi connectivity index (χ1n) is 5.17. The fraction of sp³-hybridized carbons (Fsp3) is 0.700. The molecule has 1 heterocycles. The Morgan fingerprint density at radius 1 is 1.50 bits per heavy atom. The van der Waals surface area contributed by atoms with E-state index in [0.29, 0.717) is 6.04 Å². The van der Waals surface area contributed by atoms with Gasteiger partial charge in [-0.05, 0) is 12.8 Å². The normalized spacial score (nSPS) is 29.7. The van der Waals surface area contributed by atoms with Crippen LogP contribution < -0.4 is 11.1 Å². The summed E-state index contributed by atoms with van der Waals surface area (Å²) in [7, 11) is 0. The first kappa shape index (κ1) is 9.68. The fourth-order valence-electron chi connectivity index (χ4n) is 1.43. The lowest BCUT2D eigenvalue weighted by Crippen LogP contribution is -2.40. The molecule has 0 bridgehead atoms. The van der Waals surface area contributed by atoms with Crippen molar-refractivity contribution in [2.45, 2.75) is 25.0 Å². The molecular formula is C10H17N3O. The molecule has 4 nitrogen and oxygen atoms in total. The molecule has 1 atom stereocenters. The van der Waals surface area contributed by atoms with Crippen LogP contribution in [-0.2, 0) is 4.74 Å². The summed E-state index contributed by atoms with van der Waals surface area (Å²) >= 11 is 0. The molecule has 1 aliphatic heterocycles. The third-order valence-corrected chi connectivity index (χ3v) is 2.47. The zero-order chi connectivity index (χ0) is 9.80. The van der Waals surface area contributed by atoms with Gasteiger partial charge in [-0.25, -0.2) is 0 Å². The number of ether oxygens (including phenoxy) is 1. The van der Waals surface area contributed by atoms with Gasteiger partial charge in [-0.1, -0.05) is 0 Å². The predicted octanol–water partition coefficient (Wildman–Crippen LogP) is 0.0506. The molecule has 0 aromatic rings. The van der Waals surface area contributed by atoms with Crippen LogP contribution >= 0.6 is 0 Å². The van der Waals surface area contributed by atoms with Gasteiger partial charge in [0.1, 0.15) is 0 Å². The second-order valence-corrected chi connectivity index (χ2v) is 3.74. The Bertz CT molecular complexity index is 240. The molecule has 4 heteroatoms. The lowest BCUT2D eigenvalue weighted by atomic mass is 10.1. The predicted molar refractivity (Wildman–Crippen MR) is 56.4 cm³/mol. The van der Waals surface area contributed by atoms with E-state index < -0.39 is 0 Å². The molecule has 78 valence electrons. The summed E-state index contributed by atoms with van der Waals surface area (Å²) in [4.78, 5) is 4.40. The van der Waals surface area contributed by atoms with Crippen LogP contribution in [0.3, 0.4) is 0 Å². The minimum atomic E-state index is 0.0799. The molecule has 0 amide bonds. The molecule has 1 aliphatic carbocycles. The van der Waals surface area contributed by atoms with Crippen molar-refractivity contribution in [1.29, 1.82) is 0 Å². The van der Waals surface area contributed by atoms with Gasteiger partial charge in [0.05, 0.1) is 18.8 Å². The quantitative estimate of drug-likeness (QED) is 0.626. The smallest absolute Gasteiger partial charge is 0.0978 e. The fourth-order valence-corrected chi connectivity index (χ4v) is 1.43. The van der Waals surface area contributed by atoms with Gasteiger partial charge >= 0.3 is 0 Å². The van der Waals surface area contributed by atoms with Crippen molar-refractivity contribution in [3.05, 3.63) is 11.8 Å². The van der Waals surface area contributed by atoms with E-state index in [0.717, 1.165) is 25.3 Å². The molecule has 3 N–H and O–H groups in total. The van der Waals surface area contributed by atoms with Crippen molar-refractivity contribution >= 4 is 6.21 Å². The maximum Gasteiger partial charge on any atom is 0.0978 e. The van der Waals surface area contributed by atoms with Crippen molar-refractivity contribution < 1.29 is 4.74 Å². The number of nitrogens with two attached hydrogens (primary N) is 1. The van der Waals surface area contributed by atoms with Crippen molar-refractivity contribution in [1.82, 2.24) is 5.32 Å². The highest BCUT2D eigenvalue weighted by Gasteiger charge is 2.21. The highest BCUT2D eigenvalue weighted by Crippen LogP contribution is 2.23. The minimum Gasteiger partial charge on any atom is -0.404 e. The number of rotatable bonds is 3. The average Bonchev–Trinajstić information content (AvgIpc) is 3.04. The highest BCUT2D eigenvalue weighted by atomic mass is 16.5. The Labute approximate surface area is 84.2 Å². The maximum atomic E-state index is 5.58. The Morgan fingerprint density at radius 2 is 2.36 bits per heavy atom. The summed E-state index contributed by atoms with van der Waals surface area (Å²) in [6.45, 7) is 2.51. The lowest BCUT2D eigenvalue weighted by molar-refractivity contribution is 0.0555. The minimum absolute atomic E-state index is 0.0799. The van der Waals surface area contributed by atoms with Crippen LogP contribution in [-0.4, -0.2) is 38.1 Å². The second kappa shape index (κ2) is 4.57. The molecule has 1 unspecified atom stereocenters. The third kappa shape index (κ3) is 2.56. The maximum absolute atomic E-state index is 5.58. The van der Waals surface area contributed by atoms with Gasteiger partial charge in [0.2, 0.25) is 0 Å². The highest BCUT2D eigenvalue weighted by molar-refractivity contribution is 5.80. The van der Waals surface area contributed by atoms with Crippen molar-refractivity contribution in [3.63, 3.8) is 0 Å². The van der Waals surface area contributed by atoms with E-state index in [4.69, 9.17) is 10.5 Å². The average molecular weight is 195 g/mol. The summed E-state index contributed by atoms with van der Waals surface area (Å²) in [5.74, 6) is 0. The Hall–Kier alpha value is -0.870. The standard InChI is InChI=1S/C10H17N3O/c11-5-8(6-13-9-1-2-9)10-7-12-3-4-14-10/h5-6,9-10,12H,1-4,7,11H2/b8-5+,13-6?. The van der Waals surface area contributed by atoms with Crippen molar-refractivity contribution in [3.8, 4) is 0 Å². The SMILES string of the molecule is N/C=C(\C=NC1CC1)C1CNCCO1. The van der Waals surface area contributed by atoms with E-state index in [1.807, 2.05) is 6.21 Å².